The van der Waals surface area contributed by atoms with Gasteiger partial charge in [-0.1, -0.05) is 30.3 Å². The number of hydrogen-bond donors (Lipinski definition) is 1. The van der Waals surface area contributed by atoms with Crippen LogP contribution in [0.4, 0.5) is 4.79 Å². The van der Waals surface area contributed by atoms with E-state index in [0.717, 1.165) is 35.4 Å². The minimum Gasteiger partial charge on any atom is -0.445 e. The summed E-state index contributed by atoms with van der Waals surface area (Å²) in [5, 5.41) is 2.92. The molecule has 3 rings (SSSR count). The highest BCUT2D eigenvalue weighted by Crippen LogP contribution is 2.20. The summed E-state index contributed by atoms with van der Waals surface area (Å²) in [4.78, 5) is 16.2. The Morgan fingerprint density at radius 2 is 2.24 bits per heavy atom. The van der Waals surface area contributed by atoms with Crippen molar-refractivity contribution in [2.24, 2.45) is 0 Å². The van der Waals surface area contributed by atoms with E-state index in [0.29, 0.717) is 6.61 Å². The Kier molecular flexibility index (Phi) is 4.24. The fourth-order valence-corrected chi connectivity index (χ4v) is 2.90. The molecule has 2 heterocycles. The minimum absolute atomic E-state index is 0.0753. The van der Waals surface area contributed by atoms with Gasteiger partial charge in [-0.05, 0) is 27.9 Å². The Morgan fingerprint density at radius 3 is 3.05 bits per heavy atom. The second kappa shape index (κ2) is 6.30. The predicted molar refractivity (Wildman–Crippen MR) is 81.8 cm³/mol. The van der Waals surface area contributed by atoms with Crippen molar-refractivity contribution in [3.05, 3.63) is 52.5 Å². The molecule has 1 unspecified atom stereocenters. The van der Waals surface area contributed by atoms with E-state index in [1.165, 1.54) is 0 Å². The van der Waals surface area contributed by atoms with E-state index in [-0.39, 0.29) is 12.1 Å². The van der Waals surface area contributed by atoms with Gasteiger partial charge in [0.1, 0.15) is 17.0 Å². The molecule has 0 radical (unpaired) electrons. The van der Waals surface area contributed by atoms with E-state index in [9.17, 15) is 4.79 Å². The van der Waals surface area contributed by atoms with Crippen molar-refractivity contribution in [3.8, 4) is 0 Å². The predicted octanol–water partition coefficient (Wildman–Crippen LogP) is 2.89. The van der Waals surface area contributed by atoms with Gasteiger partial charge in [-0.2, -0.15) is 0 Å². The second-order valence-corrected chi connectivity index (χ2v) is 5.86. The maximum Gasteiger partial charge on any atom is 0.407 e. The highest BCUT2D eigenvalue weighted by atomic mass is 79.9. The van der Waals surface area contributed by atoms with Crippen LogP contribution in [0.25, 0.3) is 0 Å². The SMILES string of the molecule is O=C(NC1CCc2ncc(Br)n2C1)OCc1ccccc1. The summed E-state index contributed by atoms with van der Waals surface area (Å²) in [5.41, 5.74) is 0.982. The number of ether oxygens (including phenoxy) is 1. The summed E-state index contributed by atoms with van der Waals surface area (Å²) in [6.07, 6.45) is 3.16. The molecular weight excluding hydrogens is 334 g/mol. The molecule has 1 atom stereocenters. The van der Waals surface area contributed by atoms with Gasteiger partial charge in [-0.3, -0.25) is 0 Å². The third kappa shape index (κ3) is 3.44. The van der Waals surface area contributed by atoms with Crippen molar-refractivity contribution >= 4 is 22.0 Å². The van der Waals surface area contributed by atoms with Gasteiger partial charge in [-0.15, -0.1) is 0 Å². The molecule has 1 aliphatic heterocycles. The van der Waals surface area contributed by atoms with Crippen LogP contribution in [0, 0.1) is 0 Å². The number of benzene rings is 1. The van der Waals surface area contributed by atoms with Crippen LogP contribution in [-0.4, -0.2) is 21.7 Å². The fourth-order valence-electron chi connectivity index (χ4n) is 2.45. The van der Waals surface area contributed by atoms with E-state index < -0.39 is 0 Å². The summed E-state index contributed by atoms with van der Waals surface area (Å²) in [5.74, 6) is 1.05. The van der Waals surface area contributed by atoms with Crippen molar-refractivity contribution in [1.29, 1.82) is 0 Å². The van der Waals surface area contributed by atoms with E-state index >= 15 is 0 Å². The van der Waals surface area contributed by atoms with Crippen molar-refractivity contribution in [1.82, 2.24) is 14.9 Å². The normalized spacial score (nSPS) is 17.1. The number of imidazole rings is 1. The number of carbonyl (C=O) groups excluding carboxylic acids is 1. The first-order chi connectivity index (χ1) is 10.2. The number of nitrogens with one attached hydrogen (secondary N) is 1. The number of alkyl carbamates (subject to hydrolysis) is 1. The monoisotopic (exact) mass is 349 g/mol. The van der Waals surface area contributed by atoms with Crippen LogP contribution in [0.1, 0.15) is 17.8 Å². The van der Waals surface area contributed by atoms with Gasteiger partial charge in [0.15, 0.2) is 0 Å². The number of hydrogen-bond acceptors (Lipinski definition) is 3. The number of fused-ring (bicyclic) bond motifs is 1. The average Bonchev–Trinajstić information content (AvgIpc) is 2.87. The largest absolute Gasteiger partial charge is 0.445 e. The van der Waals surface area contributed by atoms with E-state index in [1.807, 2.05) is 30.3 Å². The lowest BCUT2D eigenvalue weighted by Crippen LogP contribution is -2.41. The summed E-state index contributed by atoms with van der Waals surface area (Å²) in [6, 6.07) is 9.73. The molecule has 1 aromatic carbocycles. The molecule has 0 bridgehead atoms. The van der Waals surface area contributed by atoms with Crippen molar-refractivity contribution in [2.45, 2.75) is 32.0 Å². The van der Waals surface area contributed by atoms with E-state index in [4.69, 9.17) is 4.74 Å². The summed E-state index contributed by atoms with van der Waals surface area (Å²) >= 11 is 3.46. The summed E-state index contributed by atoms with van der Waals surface area (Å²) in [7, 11) is 0. The van der Waals surface area contributed by atoms with Gasteiger partial charge in [0.25, 0.3) is 0 Å². The zero-order valence-corrected chi connectivity index (χ0v) is 13.0. The van der Waals surface area contributed by atoms with Crippen LogP contribution in [0.2, 0.25) is 0 Å². The van der Waals surface area contributed by atoms with E-state index in [2.05, 4.69) is 30.8 Å². The molecule has 0 aliphatic carbocycles. The Balaban J connectivity index is 1.51. The second-order valence-electron chi connectivity index (χ2n) is 5.05. The quantitative estimate of drug-likeness (QED) is 0.926. The lowest BCUT2D eigenvalue weighted by molar-refractivity contribution is 0.133. The molecule has 0 saturated carbocycles. The molecular formula is C15H16BrN3O2. The number of nitrogens with zero attached hydrogens (tertiary/aromatic N) is 2. The Labute approximate surface area is 131 Å². The molecule has 110 valence electrons. The average molecular weight is 350 g/mol. The van der Waals surface area contributed by atoms with Gasteiger partial charge in [0, 0.05) is 13.0 Å². The van der Waals surface area contributed by atoms with Gasteiger partial charge in [0.05, 0.1) is 12.2 Å². The molecule has 1 aliphatic rings. The molecule has 2 aromatic rings. The molecule has 1 N–H and O–H groups in total. The highest BCUT2D eigenvalue weighted by Gasteiger charge is 2.22. The minimum atomic E-state index is -0.372. The zero-order valence-electron chi connectivity index (χ0n) is 11.5. The first kappa shape index (κ1) is 14.1. The lowest BCUT2D eigenvalue weighted by atomic mass is 10.1. The number of aromatic nitrogens is 2. The number of carbonyl (C=O) groups is 1. The fraction of sp³-hybridized carbons (Fsp3) is 0.333. The highest BCUT2D eigenvalue weighted by molar-refractivity contribution is 9.10. The number of rotatable bonds is 3. The third-order valence-electron chi connectivity index (χ3n) is 3.54. The first-order valence-electron chi connectivity index (χ1n) is 6.89. The van der Waals surface area contributed by atoms with Gasteiger partial charge < -0.3 is 14.6 Å². The van der Waals surface area contributed by atoms with Crippen LogP contribution in [0.15, 0.2) is 41.1 Å². The Hall–Kier alpha value is -1.82. The van der Waals surface area contributed by atoms with Crippen LogP contribution in [-0.2, 0) is 24.3 Å². The number of halogens is 1. The zero-order chi connectivity index (χ0) is 14.7. The van der Waals surface area contributed by atoms with Gasteiger partial charge in [-0.25, -0.2) is 9.78 Å². The number of aryl methyl sites for hydroxylation is 1. The van der Waals surface area contributed by atoms with E-state index in [1.54, 1.807) is 6.20 Å². The van der Waals surface area contributed by atoms with Crippen molar-refractivity contribution < 1.29 is 9.53 Å². The molecule has 21 heavy (non-hydrogen) atoms. The number of amides is 1. The lowest BCUT2D eigenvalue weighted by Gasteiger charge is -2.25. The van der Waals surface area contributed by atoms with Crippen LogP contribution in [0.5, 0.6) is 0 Å². The molecule has 0 saturated heterocycles. The Morgan fingerprint density at radius 1 is 1.43 bits per heavy atom. The molecule has 5 nitrogen and oxygen atoms in total. The topological polar surface area (TPSA) is 56.2 Å². The molecule has 6 heteroatoms. The van der Waals surface area contributed by atoms with Crippen molar-refractivity contribution in [2.75, 3.05) is 0 Å². The van der Waals surface area contributed by atoms with Gasteiger partial charge in [0.2, 0.25) is 0 Å². The maximum absolute atomic E-state index is 11.8. The molecule has 1 amide bonds. The molecule has 1 aromatic heterocycles. The maximum atomic E-state index is 11.8. The molecule has 0 spiro atoms. The third-order valence-corrected chi connectivity index (χ3v) is 4.18. The summed E-state index contributed by atoms with van der Waals surface area (Å²) in [6.45, 7) is 1.01. The summed E-state index contributed by atoms with van der Waals surface area (Å²) < 4.78 is 8.26. The standard InChI is InChI=1S/C15H16BrN3O2/c16-13-8-17-14-7-6-12(9-19(13)14)18-15(20)21-10-11-4-2-1-3-5-11/h1-5,8,12H,6-7,9-10H2,(H,18,20). The molecule has 0 fully saturated rings. The van der Waals surface area contributed by atoms with Crippen LogP contribution < -0.4 is 5.32 Å². The van der Waals surface area contributed by atoms with Crippen LogP contribution in [0.3, 0.4) is 0 Å². The first-order valence-corrected chi connectivity index (χ1v) is 7.69. The van der Waals surface area contributed by atoms with Crippen LogP contribution >= 0.6 is 15.9 Å². The Bertz CT molecular complexity index is 627. The smallest absolute Gasteiger partial charge is 0.407 e. The van der Waals surface area contributed by atoms with Gasteiger partial charge >= 0.3 is 6.09 Å². The van der Waals surface area contributed by atoms with Crippen molar-refractivity contribution in [3.63, 3.8) is 0 Å².